The summed E-state index contributed by atoms with van der Waals surface area (Å²) in [6.07, 6.45) is 1.83. The Morgan fingerprint density at radius 1 is 1.56 bits per heavy atom. The van der Waals surface area contributed by atoms with Crippen LogP contribution in [0.15, 0.2) is 16.0 Å². The molecular weight excluding hydrogens is 222 g/mol. The highest BCUT2D eigenvalue weighted by Crippen LogP contribution is 2.20. The molecule has 90 valence electrons. The van der Waals surface area contributed by atoms with Crippen molar-refractivity contribution < 1.29 is 0 Å². The molecule has 0 aromatic carbocycles. The van der Waals surface area contributed by atoms with Crippen LogP contribution in [0.1, 0.15) is 32.9 Å². The number of nitrogens with one attached hydrogen (secondary N) is 1. The number of aromatic nitrogens is 2. The molecule has 0 bridgehead atoms. The van der Waals surface area contributed by atoms with Crippen molar-refractivity contribution in [2.24, 2.45) is 5.73 Å². The maximum atomic E-state index is 11.4. The van der Waals surface area contributed by atoms with Crippen LogP contribution in [-0.2, 0) is 6.42 Å². The minimum Gasteiger partial charge on any atom is -0.327 e. The molecule has 0 fully saturated rings. The van der Waals surface area contributed by atoms with Crippen molar-refractivity contribution in [2.45, 2.75) is 50.1 Å². The van der Waals surface area contributed by atoms with Gasteiger partial charge in [0.05, 0.1) is 0 Å². The molecule has 2 unspecified atom stereocenters. The van der Waals surface area contributed by atoms with Gasteiger partial charge in [0.2, 0.25) is 0 Å². The molecule has 0 radical (unpaired) electrons. The molecule has 3 N–H and O–H groups in total. The lowest BCUT2D eigenvalue weighted by Crippen LogP contribution is -2.26. The molecule has 4 nitrogen and oxygen atoms in total. The van der Waals surface area contributed by atoms with E-state index in [9.17, 15) is 4.79 Å². The van der Waals surface area contributed by atoms with Gasteiger partial charge in [-0.05, 0) is 13.3 Å². The normalized spacial score (nSPS) is 14.8. The Morgan fingerprint density at radius 3 is 2.81 bits per heavy atom. The van der Waals surface area contributed by atoms with Crippen molar-refractivity contribution in [2.75, 3.05) is 0 Å². The third kappa shape index (κ3) is 3.98. The van der Waals surface area contributed by atoms with E-state index in [1.807, 2.05) is 13.8 Å². The van der Waals surface area contributed by atoms with Crippen LogP contribution in [0, 0.1) is 0 Å². The Hall–Kier alpha value is -0.810. The molecule has 0 aliphatic heterocycles. The molecular formula is C11H19N3OS. The average molecular weight is 241 g/mol. The summed E-state index contributed by atoms with van der Waals surface area (Å²) in [7, 11) is 0. The van der Waals surface area contributed by atoms with E-state index in [4.69, 9.17) is 5.73 Å². The van der Waals surface area contributed by atoms with Crippen molar-refractivity contribution in [3.05, 3.63) is 22.1 Å². The first-order valence-corrected chi connectivity index (χ1v) is 6.43. The van der Waals surface area contributed by atoms with Crippen LogP contribution in [0.25, 0.3) is 0 Å². The minimum atomic E-state index is -0.0853. The first kappa shape index (κ1) is 13.3. The molecule has 0 aliphatic carbocycles. The third-order valence-electron chi connectivity index (χ3n) is 2.32. The Bertz CT molecular complexity index is 389. The lowest BCUT2D eigenvalue weighted by atomic mass is 10.2. The van der Waals surface area contributed by atoms with Crippen LogP contribution in [0.3, 0.4) is 0 Å². The minimum absolute atomic E-state index is 0.0742. The number of hydrogen-bond donors (Lipinski definition) is 2. The lowest BCUT2D eigenvalue weighted by molar-refractivity contribution is 0.724. The number of aromatic amines is 1. The van der Waals surface area contributed by atoms with Crippen LogP contribution in [-0.4, -0.2) is 21.3 Å². The van der Waals surface area contributed by atoms with Crippen LogP contribution in [0.2, 0.25) is 0 Å². The van der Waals surface area contributed by atoms with Crippen LogP contribution >= 0.6 is 11.8 Å². The van der Waals surface area contributed by atoms with Crippen LogP contribution < -0.4 is 11.3 Å². The van der Waals surface area contributed by atoms with E-state index in [1.165, 1.54) is 11.8 Å². The van der Waals surface area contributed by atoms with Gasteiger partial charge in [-0.1, -0.05) is 32.0 Å². The number of H-pyrrole nitrogens is 1. The van der Waals surface area contributed by atoms with E-state index in [2.05, 4.69) is 16.9 Å². The van der Waals surface area contributed by atoms with Gasteiger partial charge in [-0.15, -0.1) is 0 Å². The van der Waals surface area contributed by atoms with E-state index >= 15 is 0 Å². The average Bonchev–Trinajstić information content (AvgIpc) is 2.16. The topological polar surface area (TPSA) is 71.8 Å². The molecule has 2 atom stereocenters. The van der Waals surface area contributed by atoms with Gasteiger partial charge in [-0.2, -0.15) is 0 Å². The van der Waals surface area contributed by atoms with Gasteiger partial charge >= 0.3 is 0 Å². The smallest absolute Gasteiger partial charge is 0.251 e. The summed E-state index contributed by atoms with van der Waals surface area (Å²) in [4.78, 5) is 18.5. The van der Waals surface area contributed by atoms with E-state index in [0.29, 0.717) is 5.16 Å². The molecule has 1 heterocycles. The summed E-state index contributed by atoms with van der Waals surface area (Å²) < 4.78 is 0. The molecule has 1 rings (SSSR count). The van der Waals surface area contributed by atoms with Crippen LogP contribution in [0.5, 0.6) is 0 Å². The molecule has 1 aromatic rings. The molecule has 0 amide bonds. The summed E-state index contributed by atoms with van der Waals surface area (Å²) >= 11 is 1.51. The van der Waals surface area contributed by atoms with Crippen molar-refractivity contribution in [3.8, 4) is 0 Å². The molecule has 16 heavy (non-hydrogen) atoms. The fraction of sp³-hybridized carbons (Fsp3) is 0.636. The second-order valence-corrected chi connectivity index (χ2v) is 5.34. The Labute approximate surface area is 100 Å². The highest BCUT2D eigenvalue weighted by Gasteiger charge is 2.11. The number of hydrogen-bond acceptors (Lipinski definition) is 4. The third-order valence-corrected chi connectivity index (χ3v) is 3.53. The Balaban J connectivity index is 2.84. The lowest BCUT2D eigenvalue weighted by Gasteiger charge is -2.14. The zero-order chi connectivity index (χ0) is 12.1. The van der Waals surface area contributed by atoms with E-state index in [-0.39, 0.29) is 16.9 Å². The van der Waals surface area contributed by atoms with Crippen molar-refractivity contribution in [3.63, 3.8) is 0 Å². The molecule has 0 spiro atoms. The summed E-state index contributed by atoms with van der Waals surface area (Å²) in [6, 6.07) is 1.63. The number of aryl methyl sites for hydroxylation is 1. The largest absolute Gasteiger partial charge is 0.327 e. The Morgan fingerprint density at radius 2 is 2.25 bits per heavy atom. The monoisotopic (exact) mass is 241 g/mol. The standard InChI is InChI=1S/C11H19N3OS/c1-4-5-9-6-10(15)14-11(13-9)16-8(3)7(2)12/h6-8H,4-5,12H2,1-3H3,(H,13,14,15). The van der Waals surface area contributed by atoms with Crippen molar-refractivity contribution >= 4 is 11.8 Å². The SMILES string of the molecule is CCCc1cc(=O)[nH]c(SC(C)C(C)N)n1. The molecule has 0 aliphatic rings. The van der Waals surface area contributed by atoms with Gasteiger partial charge in [-0.3, -0.25) is 4.79 Å². The second kappa shape index (κ2) is 6.06. The van der Waals surface area contributed by atoms with E-state index < -0.39 is 0 Å². The fourth-order valence-corrected chi connectivity index (χ4v) is 2.10. The maximum absolute atomic E-state index is 11.4. The first-order valence-electron chi connectivity index (χ1n) is 5.55. The number of nitrogens with zero attached hydrogens (tertiary/aromatic N) is 1. The maximum Gasteiger partial charge on any atom is 0.251 e. The quantitative estimate of drug-likeness (QED) is 0.606. The molecule has 5 heteroatoms. The zero-order valence-electron chi connectivity index (χ0n) is 9.99. The van der Waals surface area contributed by atoms with Gasteiger partial charge in [-0.25, -0.2) is 4.98 Å². The van der Waals surface area contributed by atoms with Crippen molar-refractivity contribution in [1.29, 1.82) is 0 Å². The van der Waals surface area contributed by atoms with Gasteiger partial charge < -0.3 is 10.7 Å². The summed E-state index contributed by atoms with van der Waals surface area (Å²) in [5.74, 6) is 0. The molecule has 0 saturated carbocycles. The summed E-state index contributed by atoms with van der Waals surface area (Å²) in [6.45, 7) is 6.05. The second-order valence-electron chi connectivity index (χ2n) is 3.97. The van der Waals surface area contributed by atoms with Gasteiger partial charge in [0.15, 0.2) is 5.16 Å². The molecule has 1 aromatic heterocycles. The molecule has 0 saturated heterocycles. The van der Waals surface area contributed by atoms with Gasteiger partial charge in [0.1, 0.15) is 0 Å². The number of thioether (sulfide) groups is 1. The number of nitrogens with two attached hydrogens (primary N) is 1. The predicted octanol–water partition coefficient (Wildman–Crippen LogP) is 1.55. The Kier molecular flexibility index (Phi) is 5.02. The fourth-order valence-electron chi connectivity index (χ4n) is 1.21. The van der Waals surface area contributed by atoms with Crippen LogP contribution in [0.4, 0.5) is 0 Å². The highest BCUT2D eigenvalue weighted by atomic mass is 32.2. The number of rotatable bonds is 5. The van der Waals surface area contributed by atoms with E-state index in [1.54, 1.807) is 6.07 Å². The summed E-state index contributed by atoms with van der Waals surface area (Å²) in [5, 5.41) is 0.903. The highest BCUT2D eigenvalue weighted by molar-refractivity contribution is 7.99. The zero-order valence-corrected chi connectivity index (χ0v) is 10.8. The predicted molar refractivity (Wildman–Crippen MR) is 67.8 cm³/mol. The summed E-state index contributed by atoms with van der Waals surface area (Å²) in [5.41, 5.74) is 6.55. The first-order chi connectivity index (χ1) is 7.52. The van der Waals surface area contributed by atoms with E-state index in [0.717, 1.165) is 18.5 Å². The van der Waals surface area contributed by atoms with Crippen molar-refractivity contribution in [1.82, 2.24) is 9.97 Å². The van der Waals surface area contributed by atoms with Gasteiger partial charge in [0, 0.05) is 23.1 Å². The van der Waals surface area contributed by atoms with Gasteiger partial charge in [0.25, 0.3) is 5.56 Å².